The number of fused-ring (bicyclic) bond motifs is 1. The first kappa shape index (κ1) is 103. The summed E-state index contributed by atoms with van der Waals surface area (Å²) < 4.78 is 20.6. The minimum atomic E-state index is -1.76. The number of aromatic nitrogens is 1. The Balaban J connectivity index is 1.27. The van der Waals surface area contributed by atoms with E-state index in [0.29, 0.717) is 70.2 Å². The number of H-pyrrole nitrogens is 1. The summed E-state index contributed by atoms with van der Waals surface area (Å²) >= 11 is 0. The molecular formula is C87H131FN20O17. The molecule has 3 heterocycles. The van der Waals surface area contributed by atoms with E-state index >= 15 is 4.79 Å². The number of esters is 1. The highest BCUT2D eigenvalue weighted by molar-refractivity contribution is 6.36. The van der Waals surface area contributed by atoms with Crippen LogP contribution in [0.2, 0.25) is 0 Å². The van der Waals surface area contributed by atoms with Crippen molar-refractivity contribution in [3.63, 3.8) is 0 Å². The number of nitrogens with two attached hydrogens (primary N) is 5. The van der Waals surface area contributed by atoms with Crippen LogP contribution in [-0.2, 0) is 80.1 Å². The molecule has 1 fully saturated rings. The number of rotatable bonds is 41. The fourth-order valence-electron chi connectivity index (χ4n) is 14.5. The van der Waals surface area contributed by atoms with Crippen molar-refractivity contribution in [1.82, 2.24) is 73.7 Å². The fraction of sp³-hybridized carbons (Fsp3) is 0.563. The van der Waals surface area contributed by atoms with E-state index in [0.717, 1.165) is 32.4 Å². The first-order valence-electron chi connectivity index (χ1n) is 43.0. The molecule has 2 aliphatic rings. The lowest BCUT2D eigenvalue weighted by atomic mass is 9.98. The number of aryl methyl sites for hydroxylation is 1. The number of hydrogen-bond donors (Lipinski definition) is 20. The maximum absolute atomic E-state index is 15.1. The first-order valence-corrected chi connectivity index (χ1v) is 43.0. The van der Waals surface area contributed by atoms with Gasteiger partial charge < -0.3 is 117 Å². The smallest absolute Gasteiger partial charge is 0.326 e. The summed E-state index contributed by atoms with van der Waals surface area (Å²) in [7, 11) is 0. The van der Waals surface area contributed by atoms with Gasteiger partial charge in [-0.3, -0.25) is 72.0 Å². The van der Waals surface area contributed by atoms with Gasteiger partial charge in [0.15, 0.2) is 0 Å². The topological polar surface area (TPSA) is 585 Å². The summed E-state index contributed by atoms with van der Waals surface area (Å²) in [5, 5.41) is 53.2. The number of likely N-dealkylation sites (N-methyl/N-ethyl adjacent to an activating group) is 1. The quantitative estimate of drug-likeness (QED) is 0.0147. The Morgan fingerprint density at radius 3 is 1.70 bits per heavy atom. The first-order chi connectivity index (χ1) is 59.5. The lowest BCUT2D eigenvalue weighted by molar-refractivity contribution is -0.144. The predicted molar refractivity (Wildman–Crippen MR) is 468 cm³/mol. The van der Waals surface area contributed by atoms with Gasteiger partial charge in [0.2, 0.25) is 65.0 Å². The van der Waals surface area contributed by atoms with E-state index in [1.807, 2.05) is 13.8 Å². The Bertz CT molecular complexity index is 4370. The van der Waals surface area contributed by atoms with Gasteiger partial charge in [-0.05, 0) is 189 Å². The Labute approximate surface area is 729 Å². The molecule has 0 saturated carbocycles. The number of benzene rings is 3. The highest BCUT2D eigenvalue weighted by atomic mass is 19.1. The van der Waals surface area contributed by atoms with Gasteiger partial charge in [-0.15, -0.1) is 0 Å². The van der Waals surface area contributed by atoms with Gasteiger partial charge in [-0.2, -0.15) is 0 Å². The summed E-state index contributed by atoms with van der Waals surface area (Å²) in [6.45, 7) is 18.2. The number of aliphatic hydroxyl groups excluding tert-OH is 2. The molecule has 2 aliphatic heterocycles. The average Bonchev–Trinajstić information content (AvgIpc) is 1.61. The van der Waals surface area contributed by atoms with Crippen LogP contribution >= 0.6 is 0 Å². The number of carbonyl (C=O) groups is 14. The number of halogens is 1. The zero-order valence-electron chi connectivity index (χ0n) is 73.4. The minimum absolute atomic E-state index is 0.0383. The van der Waals surface area contributed by atoms with Crippen LogP contribution in [0.25, 0.3) is 22.8 Å². The molecule has 125 heavy (non-hydrogen) atoms. The molecule has 13 amide bonds. The van der Waals surface area contributed by atoms with E-state index in [1.54, 1.807) is 82.3 Å². The number of carbonyl (C=O) groups excluding carboxylic acids is 14. The van der Waals surface area contributed by atoms with Crippen molar-refractivity contribution in [2.24, 2.45) is 40.5 Å². The van der Waals surface area contributed by atoms with E-state index in [-0.39, 0.29) is 119 Å². The normalized spacial score (nSPS) is 19.9. The Hall–Kier alpha value is -11.1. The van der Waals surface area contributed by atoms with Crippen molar-refractivity contribution in [2.45, 2.75) is 232 Å². The molecule has 0 bridgehead atoms. The van der Waals surface area contributed by atoms with Gasteiger partial charge >= 0.3 is 5.97 Å². The maximum atomic E-state index is 15.1. The number of unbranched alkanes of at least 4 members (excludes halogenated alkanes) is 2. The summed E-state index contributed by atoms with van der Waals surface area (Å²) in [6.07, 6.45) is -0.302. The van der Waals surface area contributed by atoms with Crippen molar-refractivity contribution < 1.29 is 86.5 Å². The molecule has 1 aromatic heterocycles. The largest absolute Gasteiger partial charge is 0.459 e. The van der Waals surface area contributed by atoms with E-state index in [1.165, 1.54) is 36.9 Å². The van der Waals surface area contributed by atoms with Crippen LogP contribution in [0.3, 0.4) is 0 Å². The van der Waals surface area contributed by atoms with Crippen LogP contribution in [0, 0.1) is 31.5 Å². The SMILES string of the molecule is CCN(CC)CCNC(=O)c1c(C)[nH]c(/C=C2\C(=O)N(CC(=O)OCc3ccc(-c4ccc(C[C@H]5NC(=O)C(CCN)NC(=O)[C@@H](NC(=O)[C@H](CCN)NC(=O)[C@@H](NC(=O)[C@@H](CCN)NC(=O)CCCCCC(C)C)[C@@H](C)O)CCNC(=O)[C@H]([C@@H](C)O)NC(=O)[C@H](CCN)NC(=O)[C@H](CCN)NC(=O)[C@H](CC(C)C)NC5=O)cc4)cc3)c3ccc(F)cc32)c1C. The van der Waals surface area contributed by atoms with Crippen LogP contribution < -0.4 is 97.4 Å². The summed E-state index contributed by atoms with van der Waals surface area (Å²) in [4.78, 5) is 205. The second-order valence-electron chi connectivity index (χ2n) is 32.4. The van der Waals surface area contributed by atoms with Crippen LogP contribution in [0.1, 0.15) is 176 Å². The number of hydrogen-bond acceptors (Lipinski definition) is 23. The molecule has 37 nitrogen and oxygen atoms in total. The molecule has 1 unspecified atom stereocenters. The lowest BCUT2D eigenvalue weighted by Crippen LogP contribution is -2.62. The summed E-state index contributed by atoms with van der Waals surface area (Å²) in [6, 6.07) is 1.96. The molecule has 6 rings (SSSR count). The number of anilines is 1. The second-order valence-corrected chi connectivity index (χ2v) is 32.4. The van der Waals surface area contributed by atoms with Gasteiger partial charge in [0.25, 0.3) is 11.8 Å². The van der Waals surface area contributed by atoms with Gasteiger partial charge in [0.1, 0.15) is 79.4 Å². The molecule has 38 heteroatoms. The number of aliphatic hydroxyl groups is 2. The third-order valence-corrected chi connectivity index (χ3v) is 21.6. The molecule has 12 atom stereocenters. The molecule has 0 aliphatic carbocycles. The fourth-order valence-corrected chi connectivity index (χ4v) is 14.5. The molecule has 0 radical (unpaired) electrons. The molecule has 1 saturated heterocycles. The van der Waals surface area contributed by atoms with Crippen LogP contribution in [0.4, 0.5) is 10.1 Å². The Morgan fingerprint density at radius 1 is 0.608 bits per heavy atom. The van der Waals surface area contributed by atoms with Gasteiger partial charge in [-0.1, -0.05) is 109 Å². The third kappa shape index (κ3) is 31.5. The number of nitrogens with zero attached hydrogens (tertiary/aromatic N) is 2. The zero-order valence-corrected chi connectivity index (χ0v) is 73.4. The molecule has 688 valence electrons. The van der Waals surface area contributed by atoms with Gasteiger partial charge in [0, 0.05) is 49.4 Å². The predicted octanol–water partition coefficient (Wildman–Crippen LogP) is -0.792. The Kier molecular flexibility index (Phi) is 42.2. The standard InChI is InChI=1S/C87H131FN20O17/c1-11-107(12-2)41-40-95-84(121)73-50(7)67(96-51(73)8)45-60-59-44-58(88)26-27-70(59)108(87(60)124)46-72(112)125-47-55-20-24-57(25-21-55)56-22-18-54(19-23-56)43-69-83(120)103-68(42-49(5)6)82(119)100-62(29-35-90)76(113)99-65(32-38-93)81(118)105-74(52(9)109)85(122)94-39-33-66(79(116)98-63(30-36-91)78(115)104-69)101-77(114)64(31-37-92)102-86(123)75(53(10)110)106-80(117)61(28-34-89)97-71(111)17-15-13-14-16-48(3)4/h18-27,44-45,48-49,52-53,61-66,68-69,74-75,96,109-110H,11-17,28-43,46-47,89-93H2,1-10H3,(H,94,122)(H,95,121)(H,97,111)(H,98,116)(H,99,113)(H,100,119)(H,101,114)(H,102,123)(H,103,120)(H,104,115)(H,105,118)(H,106,117)/b60-45-/t52-,53-,61-,62+,63?,64+,65+,66+,68+,69-,74+,75+/m1/s1. The summed E-state index contributed by atoms with van der Waals surface area (Å²) in [5.41, 5.74) is 34.8. The second kappa shape index (κ2) is 51.3. The maximum Gasteiger partial charge on any atom is 0.326 e. The molecular weight excluding hydrogens is 1620 g/mol. The van der Waals surface area contributed by atoms with E-state index in [2.05, 4.69) is 87.5 Å². The zero-order chi connectivity index (χ0) is 92.3. The van der Waals surface area contributed by atoms with Crippen molar-refractivity contribution >= 4 is 100 Å². The number of ether oxygens (including phenoxy) is 1. The van der Waals surface area contributed by atoms with E-state index in [9.17, 15) is 76.9 Å². The molecule has 4 aromatic rings. The van der Waals surface area contributed by atoms with E-state index < -0.39 is 175 Å². The third-order valence-electron chi connectivity index (χ3n) is 21.6. The van der Waals surface area contributed by atoms with Crippen molar-refractivity contribution in [2.75, 3.05) is 76.9 Å². The number of aromatic amines is 1. The monoisotopic (exact) mass is 1750 g/mol. The van der Waals surface area contributed by atoms with E-state index in [4.69, 9.17) is 33.4 Å². The van der Waals surface area contributed by atoms with Gasteiger partial charge in [-0.25, -0.2) is 4.39 Å². The molecule has 0 spiro atoms. The summed E-state index contributed by atoms with van der Waals surface area (Å²) in [5.74, 6) is -12.4. The minimum Gasteiger partial charge on any atom is -0.459 e. The van der Waals surface area contributed by atoms with Gasteiger partial charge in [0.05, 0.1) is 29.0 Å². The van der Waals surface area contributed by atoms with Crippen molar-refractivity contribution in [3.8, 4) is 11.1 Å². The van der Waals surface area contributed by atoms with Crippen molar-refractivity contribution in [3.05, 3.63) is 112 Å². The van der Waals surface area contributed by atoms with Crippen molar-refractivity contribution in [1.29, 1.82) is 0 Å². The highest BCUT2D eigenvalue weighted by Crippen LogP contribution is 2.39. The number of amides is 13. The van der Waals surface area contributed by atoms with Crippen LogP contribution in [0.15, 0.2) is 66.7 Å². The lowest BCUT2D eigenvalue weighted by Gasteiger charge is -2.29. The van der Waals surface area contributed by atoms with Crippen LogP contribution in [0.5, 0.6) is 0 Å². The van der Waals surface area contributed by atoms with Crippen LogP contribution in [-0.4, -0.2) is 247 Å². The highest BCUT2D eigenvalue weighted by Gasteiger charge is 2.40. The number of nitrogens with one attached hydrogen (secondary N) is 13. The molecule has 3 aromatic carbocycles. The Morgan fingerprint density at radius 2 is 1.15 bits per heavy atom. The average molecular weight is 1750 g/mol. The molecule has 25 N–H and O–H groups in total.